The van der Waals surface area contributed by atoms with Crippen molar-refractivity contribution in [1.82, 2.24) is 0 Å². The van der Waals surface area contributed by atoms with Gasteiger partial charge in [0, 0.05) is 5.75 Å². The van der Waals surface area contributed by atoms with Crippen LogP contribution < -0.4 is 34.7 Å². The fourth-order valence-electron chi connectivity index (χ4n) is 0.426. The summed E-state index contributed by atoms with van der Waals surface area (Å²) in [4.78, 5) is 9.98. The first kappa shape index (κ1) is 14.8. The van der Waals surface area contributed by atoms with Gasteiger partial charge >= 0.3 is 35.5 Å². The number of rotatable bonds is 6. The molecule has 12 heavy (non-hydrogen) atoms. The third-order valence-corrected chi connectivity index (χ3v) is 1.92. The Morgan fingerprint density at radius 2 is 1.92 bits per heavy atom. The van der Waals surface area contributed by atoms with Gasteiger partial charge in [-0.1, -0.05) is 0 Å². The molecule has 0 rings (SSSR count). The van der Waals surface area contributed by atoms with Gasteiger partial charge in [-0.05, 0) is 18.1 Å². The Morgan fingerprint density at radius 1 is 1.42 bits per heavy atom. The van der Waals surface area contributed by atoms with E-state index in [1.807, 2.05) is 0 Å². The molecule has 0 fully saturated rings. The summed E-state index contributed by atoms with van der Waals surface area (Å²) in [5, 5.41) is 24.8. The van der Waals surface area contributed by atoms with Crippen molar-refractivity contribution in [3.05, 3.63) is 0 Å². The Morgan fingerprint density at radius 3 is 2.33 bits per heavy atom. The first-order valence-electron chi connectivity index (χ1n) is 3.17. The van der Waals surface area contributed by atoms with Crippen LogP contribution in [0.2, 0.25) is 0 Å². The van der Waals surface area contributed by atoms with Gasteiger partial charge in [-0.25, -0.2) is 0 Å². The number of nitrogens with one attached hydrogen (secondary N) is 1. The molecule has 4 nitrogen and oxygen atoms in total. The van der Waals surface area contributed by atoms with Gasteiger partial charge in [-0.2, -0.15) is 11.8 Å². The molecule has 0 saturated carbocycles. The van der Waals surface area contributed by atoms with Crippen molar-refractivity contribution in [2.45, 2.75) is 12.8 Å². The zero-order valence-electron chi connectivity index (χ0n) is 7.00. The molecular formula is C6H10NNaO3S. The summed E-state index contributed by atoms with van der Waals surface area (Å²) < 4.78 is 0. The second kappa shape index (κ2) is 9.38. The van der Waals surface area contributed by atoms with Crippen LogP contribution in [0.3, 0.4) is 0 Å². The maximum atomic E-state index is 10.1. The van der Waals surface area contributed by atoms with Gasteiger partial charge < -0.3 is 15.6 Å². The van der Waals surface area contributed by atoms with E-state index in [2.05, 4.69) is 0 Å². The molecule has 0 aliphatic carbocycles. The quantitative estimate of drug-likeness (QED) is 0.206. The van der Waals surface area contributed by atoms with Gasteiger partial charge in [0.05, 0.1) is 6.42 Å². The average Bonchev–Trinajstić information content (AvgIpc) is 1.85. The van der Waals surface area contributed by atoms with Crippen molar-refractivity contribution >= 4 is 23.6 Å². The number of carbonyl (C=O) groups is 1. The van der Waals surface area contributed by atoms with Crippen LogP contribution in [0, 0.1) is 5.41 Å². The largest absolute Gasteiger partial charge is 1.00 e. The van der Waals surface area contributed by atoms with Gasteiger partial charge in [0.15, 0.2) is 0 Å². The van der Waals surface area contributed by atoms with Gasteiger partial charge in [0.1, 0.15) is 0 Å². The molecule has 0 bridgehead atoms. The van der Waals surface area contributed by atoms with E-state index in [0.29, 0.717) is 11.5 Å². The molecule has 0 aliphatic rings. The molecule has 0 heterocycles. The van der Waals surface area contributed by atoms with Gasteiger partial charge in [0.25, 0.3) is 0 Å². The van der Waals surface area contributed by atoms with Gasteiger partial charge in [-0.15, -0.1) is 0 Å². The Hall–Kier alpha value is 0.290. The monoisotopic (exact) mass is 199 g/mol. The Balaban J connectivity index is 0. The van der Waals surface area contributed by atoms with Crippen LogP contribution in [0.4, 0.5) is 0 Å². The number of hydrogen-bond donors (Lipinski definition) is 2. The molecule has 0 aromatic heterocycles. The summed E-state index contributed by atoms with van der Waals surface area (Å²) in [5.41, 5.74) is 0. The van der Waals surface area contributed by atoms with E-state index in [9.17, 15) is 9.90 Å². The SMILES string of the molecule is N=C([O-])CCSCCC(=O)O.[Na+]. The second-order valence-corrected chi connectivity index (χ2v) is 3.15. The number of thioether (sulfide) groups is 1. The third-order valence-electron chi connectivity index (χ3n) is 0.934. The first-order valence-corrected chi connectivity index (χ1v) is 4.32. The summed E-state index contributed by atoms with van der Waals surface area (Å²) >= 11 is 1.39. The molecule has 0 amide bonds. The van der Waals surface area contributed by atoms with Crippen molar-refractivity contribution < 1.29 is 44.6 Å². The minimum Gasteiger partial charge on any atom is -0.862 e. The maximum Gasteiger partial charge on any atom is 1.00 e. The Labute approximate surface area is 97.5 Å². The Bertz CT molecular complexity index is 138. The molecular weight excluding hydrogens is 189 g/mol. The normalized spacial score (nSPS) is 8.67. The summed E-state index contributed by atoms with van der Waals surface area (Å²) in [7, 11) is 0. The molecule has 0 aromatic carbocycles. The minimum absolute atomic E-state index is 0. The second-order valence-electron chi connectivity index (χ2n) is 1.93. The minimum atomic E-state index is -0.824. The van der Waals surface area contributed by atoms with E-state index in [-0.39, 0.29) is 42.4 Å². The van der Waals surface area contributed by atoms with E-state index in [0.717, 1.165) is 0 Å². The molecule has 0 spiro atoms. The molecule has 2 N–H and O–H groups in total. The third kappa shape index (κ3) is 12.9. The summed E-state index contributed by atoms with van der Waals surface area (Å²) in [6, 6.07) is 0. The van der Waals surface area contributed by atoms with Gasteiger partial charge in [0.2, 0.25) is 0 Å². The number of hydrogen-bond acceptors (Lipinski definition) is 4. The molecule has 0 saturated heterocycles. The van der Waals surface area contributed by atoms with Crippen molar-refractivity contribution in [3.8, 4) is 0 Å². The fourth-order valence-corrected chi connectivity index (χ4v) is 1.28. The van der Waals surface area contributed by atoms with Gasteiger partial charge in [-0.3, -0.25) is 4.79 Å². The zero-order chi connectivity index (χ0) is 8.69. The van der Waals surface area contributed by atoms with Crippen LogP contribution in [0.1, 0.15) is 12.8 Å². The number of carboxylic acid groups (broad SMARTS) is 1. The first-order chi connectivity index (χ1) is 5.13. The van der Waals surface area contributed by atoms with Crippen molar-refractivity contribution in [2.24, 2.45) is 0 Å². The summed E-state index contributed by atoms with van der Waals surface area (Å²) in [6.45, 7) is 0. The van der Waals surface area contributed by atoms with E-state index < -0.39 is 11.9 Å². The maximum absolute atomic E-state index is 10.1. The summed E-state index contributed by atoms with van der Waals surface area (Å²) in [5.74, 6) is -0.347. The molecule has 64 valence electrons. The topological polar surface area (TPSA) is 84.2 Å². The predicted molar refractivity (Wildman–Crippen MR) is 41.9 cm³/mol. The molecule has 0 atom stereocenters. The van der Waals surface area contributed by atoms with E-state index in [1.165, 1.54) is 11.8 Å². The smallest absolute Gasteiger partial charge is 0.862 e. The zero-order valence-corrected chi connectivity index (χ0v) is 9.82. The molecule has 0 unspecified atom stereocenters. The molecule has 6 heteroatoms. The van der Waals surface area contributed by atoms with E-state index >= 15 is 0 Å². The van der Waals surface area contributed by atoms with Crippen LogP contribution in [0.25, 0.3) is 0 Å². The number of carboxylic acids is 1. The van der Waals surface area contributed by atoms with Crippen LogP contribution in [0.15, 0.2) is 0 Å². The Kier molecular flexibility index (Phi) is 11.6. The van der Waals surface area contributed by atoms with Crippen molar-refractivity contribution in [3.63, 3.8) is 0 Å². The van der Waals surface area contributed by atoms with Crippen molar-refractivity contribution in [2.75, 3.05) is 11.5 Å². The molecule has 0 radical (unpaired) electrons. The van der Waals surface area contributed by atoms with E-state index in [1.54, 1.807) is 0 Å². The fraction of sp³-hybridized carbons (Fsp3) is 0.667. The van der Waals surface area contributed by atoms with Crippen molar-refractivity contribution in [1.29, 1.82) is 5.41 Å². The van der Waals surface area contributed by atoms with E-state index in [4.69, 9.17) is 10.5 Å². The molecule has 0 aromatic rings. The van der Waals surface area contributed by atoms with Crippen LogP contribution >= 0.6 is 11.8 Å². The number of aliphatic carboxylic acids is 1. The summed E-state index contributed by atoms with van der Waals surface area (Å²) in [6.07, 6.45) is 0.334. The predicted octanol–water partition coefficient (Wildman–Crippen LogP) is -3.07. The van der Waals surface area contributed by atoms with Crippen LogP contribution in [-0.2, 0) is 4.79 Å². The molecule has 0 aliphatic heterocycles. The standard InChI is InChI=1S/C6H11NO3S.Na/c7-5(8)1-3-11-4-2-6(9)10;/h1-4H2,(H2,7,8)(H,9,10);/q;+1/p-1. The van der Waals surface area contributed by atoms with Crippen LogP contribution in [0.5, 0.6) is 0 Å². The average molecular weight is 199 g/mol. The van der Waals surface area contributed by atoms with Crippen LogP contribution in [-0.4, -0.2) is 28.5 Å².